The standard InChI is InChI=1S/C12H17NO/c1-5-6-11-7-8-13-12(9(11)2)10(3)14-4/h7-8H,3,5-6H2,1-2,4H3. The smallest absolute Gasteiger partial charge is 0.137 e. The molecule has 2 nitrogen and oxygen atoms in total. The molecule has 0 aliphatic rings. The molecule has 0 atom stereocenters. The fraction of sp³-hybridized carbons (Fsp3) is 0.417. The number of pyridine rings is 1. The number of ether oxygens (including phenoxy) is 1. The number of methoxy groups -OCH3 is 1. The van der Waals surface area contributed by atoms with Gasteiger partial charge in [-0.2, -0.15) is 0 Å². The van der Waals surface area contributed by atoms with Gasteiger partial charge in [0.1, 0.15) is 11.5 Å². The van der Waals surface area contributed by atoms with Gasteiger partial charge in [0, 0.05) is 6.20 Å². The first-order valence-electron chi connectivity index (χ1n) is 4.88. The molecule has 1 rings (SSSR count). The molecule has 0 saturated heterocycles. The van der Waals surface area contributed by atoms with E-state index in [1.54, 1.807) is 7.11 Å². The van der Waals surface area contributed by atoms with Crippen molar-refractivity contribution in [3.05, 3.63) is 35.7 Å². The quantitative estimate of drug-likeness (QED) is 0.683. The van der Waals surface area contributed by atoms with Crippen LogP contribution in [0.2, 0.25) is 0 Å². The largest absolute Gasteiger partial charge is 0.495 e. The van der Waals surface area contributed by atoms with Crippen LogP contribution in [0, 0.1) is 6.92 Å². The van der Waals surface area contributed by atoms with Crippen molar-refractivity contribution in [1.29, 1.82) is 0 Å². The Labute approximate surface area is 85.6 Å². The van der Waals surface area contributed by atoms with Crippen LogP contribution in [0.15, 0.2) is 18.8 Å². The summed E-state index contributed by atoms with van der Waals surface area (Å²) in [6.45, 7) is 8.06. The molecule has 0 saturated carbocycles. The van der Waals surface area contributed by atoms with Crippen LogP contribution in [0.4, 0.5) is 0 Å². The lowest BCUT2D eigenvalue weighted by molar-refractivity contribution is 0.369. The van der Waals surface area contributed by atoms with Gasteiger partial charge in [-0.3, -0.25) is 4.98 Å². The van der Waals surface area contributed by atoms with Crippen molar-refractivity contribution in [2.45, 2.75) is 26.7 Å². The summed E-state index contributed by atoms with van der Waals surface area (Å²) in [4.78, 5) is 4.27. The highest BCUT2D eigenvalue weighted by Crippen LogP contribution is 2.19. The molecular formula is C12H17NO. The fourth-order valence-electron chi connectivity index (χ4n) is 1.49. The van der Waals surface area contributed by atoms with Crippen LogP contribution >= 0.6 is 0 Å². The number of hydrogen-bond acceptors (Lipinski definition) is 2. The monoisotopic (exact) mass is 191 g/mol. The number of aromatic nitrogens is 1. The maximum atomic E-state index is 5.09. The van der Waals surface area contributed by atoms with Crippen molar-refractivity contribution in [2.75, 3.05) is 7.11 Å². The molecule has 0 bridgehead atoms. The second-order valence-corrected chi connectivity index (χ2v) is 3.32. The summed E-state index contributed by atoms with van der Waals surface area (Å²) in [7, 11) is 1.62. The Hall–Kier alpha value is -1.31. The molecule has 0 N–H and O–H groups in total. The molecule has 76 valence electrons. The van der Waals surface area contributed by atoms with Crippen LogP contribution in [-0.2, 0) is 11.2 Å². The molecule has 0 radical (unpaired) electrons. The molecule has 0 aliphatic heterocycles. The first kappa shape index (κ1) is 10.8. The highest BCUT2D eigenvalue weighted by Gasteiger charge is 2.07. The van der Waals surface area contributed by atoms with E-state index in [2.05, 4.69) is 31.5 Å². The topological polar surface area (TPSA) is 22.1 Å². The lowest BCUT2D eigenvalue weighted by Gasteiger charge is -2.10. The Kier molecular flexibility index (Phi) is 3.69. The number of nitrogens with zero attached hydrogens (tertiary/aromatic N) is 1. The highest BCUT2D eigenvalue weighted by molar-refractivity contribution is 5.58. The Balaban J connectivity index is 3.07. The van der Waals surface area contributed by atoms with Crippen LogP contribution < -0.4 is 0 Å². The molecular weight excluding hydrogens is 174 g/mol. The minimum absolute atomic E-state index is 0.639. The summed E-state index contributed by atoms with van der Waals surface area (Å²) in [5, 5.41) is 0. The molecule has 1 aromatic heterocycles. The molecule has 1 heterocycles. The molecule has 0 aromatic carbocycles. The lowest BCUT2D eigenvalue weighted by Crippen LogP contribution is -1.98. The maximum Gasteiger partial charge on any atom is 0.137 e. The minimum atomic E-state index is 0.639. The van der Waals surface area contributed by atoms with Crippen molar-refractivity contribution in [2.24, 2.45) is 0 Å². The predicted molar refractivity (Wildman–Crippen MR) is 59.0 cm³/mol. The van der Waals surface area contributed by atoms with Gasteiger partial charge in [-0.25, -0.2) is 0 Å². The average molecular weight is 191 g/mol. The fourth-order valence-corrected chi connectivity index (χ4v) is 1.49. The van der Waals surface area contributed by atoms with E-state index in [0.717, 1.165) is 18.5 Å². The van der Waals surface area contributed by atoms with Gasteiger partial charge in [-0.05, 0) is 30.5 Å². The average Bonchev–Trinajstić information content (AvgIpc) is 2.20. The molecule has 2 heteroatoms. The van der Waals surface area contributed by atoms with E-state index < -0.39 is 0 Å². The summed E-state index contributed by atoms with van der Waals surface area (Å²) < 4.78 is 5.09. The van der Waals surface area contributed by atoms with Crippen molar-refractivity contribution in [1.82, 2.24) is 4.98 Å². The summed E-state index contributed by atoms with van der Waals surface area (Å²) in [5.41, 5.74) is 3.38. The Bertz CT molecular complexity index is 331. The van der Waals surface area contributed by atoms with Gasteiger partial charge < -0.3 is 4.74 Å². The first-order chi connectivity index (χ1) is 6.70. The van der Waals surface area contributed by atoms with Crippen LogP contribution in [0.3, 0.4) is 0 Å². The Morgan fingerprint density at radius 3 is 2.86 bits per heavy atom. The van der Waals surface area contributed by atoms with Crippen molar-refractivity contribution in [3.8, 4) is 0 Å². The van der Waals surface area contributed by atoms with Crippen LogP contribution in [0.5, 0.6) is 0 Å². The highest BCUT2D eigenvalue weighted by atomic mass is 16.5. The predicted octanol–water partition coefficient (Wildman–Crippen LogP) is 2.96. The second-order valence-electron chi connectivity index (χ2n) is 3.32. The third-order valence-electron chi connectivity index (χ3n) is 2.35. The van der Waals surface area contributed by atoms with Gasteiger partial charge in [0.05, 0.1) is 7.11 Å². The third-order valence-corrected chi connectivity index (χ3v) is 2.35. The van der Waals surface area contributed by atoms with Gasteiger partial charge in [-0.1, -0.05) is 19.9 Å². The van der Waals surface area contributed by atoms with Crippen LogP contribution in [0.1, 0.15) is 30.2 Å². The van der Waals surface area contributed by atoms with E-state index in [1.807, 2.05) is 6.20 Å². The van der Waals surface area contributed by atoms with Gasteiger partial charge in [0.25, 0.3) is 0 Å². The minimum Gasteiger partial charge on any atom is -0.495 e. The van der Waals surface area contributed by atoms with E-state index in [1.165, 1.54) is 11.1 Å². The van der Waals surface area contributed by atoms with Gasteiger partial charge in [-0.15, -0.1) is 0 Å². The van der Waals surface area contributed by atoms with Crippen molar-refractivity contribution in [3.63, 3.8) is 0 Å². The van der Waals surface area contributed by atoms with E-state index in [0.29, 0.717) is 5.76 Å². The number of rotatable bonds is 4. The molecule has 14 heavy (non-hydrogen) atoms. The molecule has 0 aliphatic carbocycles. The van der Waals surface area contributed by atoms with Gasteiger partial charge >= 0.3 is 0 Å². The maximum absolute atomic E-state index is 5.09. The Morgan fingerprint density at radius 1 is 1.57 bits per heavy atom. The first-order valence-corrected chi connectivity index (χ1v) is 4.88. The number of aryl methyl sites for hydroxylation is 1. The van der Waals surface area contributed by atoms with E-state index in [4.69, 9.17) is 4.74 Å². The zero-order chi connectivity index (χ0) is 10.6. The summed E-state index contributed by atoms with van der Waals surface area (Å²) in [6.07, 6.45) is 4.04. The Morgan fingerprint density at radius 2 is 2.29 bits per heavy atom. The SMILES string of the molecule is C=C(OC)c1nccc(CCC)c1C. The van der Waals surface area contributed by atoms with E-state index >= 15 is 0 Å². The van der Waals surface area contributed by atoms with Gasteiger partial charge in [0.15, 0.2) is 0 Å². The van der Waals surface area contributed by atoms with Crippen LogP contribution in [-0.4, -0.2) is 12.1 Å². The molecule has 0 fully saturated rings. The van der Waals surface area contributed by atoms with E-state index in [9.17, 15) is 0 Å². The molecule has 0 amide bonds. The zero-order valence-electron chi connectivity index (χ0n) is 9.13. The van der Waals surface area contributed by atoms with Gasteiger partial charge in [0.2, 0.25) is 0 Å². The third kappa shape index (κ3) is 2.13. The summed E-state index contributed by atoms with van der Waals surface area (Å²) >= 11 is 0. The summed E-state index contributed by atoms with van der Waals surface area (Å²) in [5.74, 6) is 0.639. The normalized spacial score (nSPS) is 9.93. The zero-order valence-corrected chi connectivity index (χ0v) is 9.13. The summed E-state index contributed by atoms with van der Waals surface area (Å²) in [6, 6.07) is 2.06. The van der Waals surface area contributed by atoms with E-state index in [-0.39, 0.29) is 0 Å². The van der Waals surface area contributed by atoms with Crippen LogP contribution in [0.25, 0.3) is 5.76 Å². The molecule has 0 unspecified atom stereocenters. The number of hydrogen-bond donors (Lipinski definition) is 0. The molecule has 0 spiro atoms. The van der Waals surface area contributed by atoms with Crippen molar-refractivity contribution < 1.29 is 4.74 Å². The molecule has 1 aromatic rings. The lowest BCUT2D eigenvalue weighted by atomic mass is 10.0. The second kappa shape index (κ2) is 4.80. The van der Waals surface area contributed by atoms with Crippen molar-refractivity contribution >= 4 is 5.76 Å².